The van der Waals surface area contributed by atoms with E-state index in [0.717, 1.165) is 31.8 Å². The van der Waals surface area contributed by atoms with Crippen LogP contribution in [0.3, 0.4) is 0 Å². The van der Waals surface area contributed by atoms with Crippen LogP contribution in [0.25, 0.3) is 11.6 Å². The van der Waals surface area contributed by atoms with Gasteiger partial charge in [-0.3, -0.25) is 4.90 Å². The molecule has 0 atom stereocenters. The Bertz CT molecular complexity index is 789. The van der Waals surface area contributed by atoms with Crippen LogP contribution in [-0.2, 0) is 13.0 Å². The van der Waals surface area contributed by atoms with Crippen molar-refractivity contribution in [1.29, 1.82) is 0 Å². The standard InChI is InChI=1S/C21H27N3O/c1-15-6-4-9-21(2,3)17(15)14-24-10-8-18-16(13-24)12-22-20(23-18)19-7-5-11-25-19/h5,7,11-12H,4,6,8-10,13-14H2,1-3H3. The van der Waals surface area contributed by atoms with Gasteiger partial charge in [-0.1, -0.05) is 25.0 Å². The Balaban J connectivity index is 1.52. The van der Waals surface area contributed by atoms with Gasteiger partial charge in [-0.05, 0) is 43.7 Å². The van der Waals surface area contributed by atoms with Gasteiger partial charge in [0.1, 0.15) is 0 Å². The molecule has 2 aromatic rings. The minimum Gasteiger partial charge on any atom is -0.461 e. The SMILES string of the molecule is CC1=C(CN2CCc3nc(-c4ccco4)ncc3C2)C(C)(C)CCC1. The molecule has 1 aliphatic heterocycles. The monoisotopic (exact) mass is 337 g/mol. The topological polar surface area (TPSA) is 42.2 Å². The van der Waals surface area contributed by atoms with E-state index < -0.39 is 0 Å². The predicted molar refractivity (Wildman–Crippen MR) is 99.0 cm³/mol. The Morgan fingerprint density at radius 2 is 2.16 bits per heavy atom. The van der Waals surface area contributed by atoms with Crippen molar-refractivity contribution in [3.63, 3.8) is 0 Å². The third kappa shape index (κ3) is 3.28. The zero-order valence-electron chi connectivity index (χ0n) is 15.5. The molecule has 3 heterocycles. The van der Waals surface area contributed by atoms with Crippen molar-refractivity contribution in [3.8, 4) is 11.6 Å². The first kappa shape index (κ1) is 16.5. The molecule has 0 radical (unpaired) electrons. The first-order valence-electron chi connectivity index (χ1n) is 9.33. The lowest BCUT2D eigenvalue weighted by atomic mass is 9.72. The van der Waals surface area contributed by atoms with Gasteiger partial charge < -0.3 is 4.42 Å². The highest BCUT2D eigenvalue weighted by Gasteiger charge is 2.30. The summed E-state index contributed by atoms with van der Waals surface area (Å²) in [5, 5.41) is 0. The minimum atomic E-state index is 0.336. The van der Waals surface area contributed by atoms with Crippen molar-refractivity contribution < 1.29 is 4.42 Å². The lowest BCUT2D eigenvalue weighted by Gasteiger charge is -2.38. The maximum Gasteiger partial charge on any atom is 0.195 e. The Labute approximate surface area is 150 Å². The number of hydrogen-bond acceptors (Lipinski definition) is 4. The number of fused-ring (bicyclic) bond motifs is 1. The van der Waals surface area contributed by atoms with E-state index >= 15 is 0 Å². The van der Waals surface area contributed by atoms with Crippen LogP contribution in [0.15, 0.2) is 40.2 Å². The first-order valence-corrected chi connectivity index (χ1v) is 9.33. The van der Waals surface area contributed by atoms with Gasteiger partial charge in [0.15, 0.2) is 11.6 Å². The molecule has 0 fully saturated rings. The van der Waals surface area contributed by atoms with Crippen molar-refractivity contribution in [2.45, 2.75) is 53.0 Å². The zero-order valence-corrected chi connectivity index (χ0v) is 15.5. The van der Waals surface area contributed by atoms with E-state index in [4.69, 9.17) is 9.40 Å². The average Bonchev–Trinajstić information content (AvgIpc) is 3.12. The molecule has 0 spiro atoms. The Hall–Kier alpha value is -1.94. The highest BCUT2D eigenvalue weighted by Crippen LogP contribution is 2.40. The van der Waals surface area contributed by atoms with E-state index in [1.54, 1.807) is 17.4 Å². The second-order valence-electron chi connectivity index (χ2n) is 8.10. The quantitative estimate of drug-likeness (QED) is 0.766. The summed E-state index contributed by atoms with van der Waals surface area (Å²) in [5.41, 5.74) is 6.02. The summed E-state index contributed by atoms with van der Waals surface area (Å²) in [6, 6.07) is 3.79. The van der Waals surface area contributed by atoms with Gasteiger partial charge in [0.05, 0.1) is 12.0 Å². The van der Waals surface area contributed by atoms with Crippen molar-refractivity contribution in [2.24, 2.45) is 5.41 Å². The zero-order chi connectivity index (χ0) is 17.4. The fraction of sp³-hybridized carbons (Fsp3) is 0.524. The van der Waals surface area contributed by atoms with E-state index in [-0.39, 0.29) is 0 Å². The van der Waals surface area contributed by atoms with Crippen LogP contribution in [-0.4, -0.2) is 28.0 Å². The summed E-state index contributed by atoms with van der Waals surface area (Å²) in [4.78, 5) is 11.8. The third-order valence-electron chi connectivity index (χ3n) is 5.82. The molecule has 4 nitrogen and oxygen atoms in total. The van der Waals surface area contributed by atoms with Gasteiger partial charge in [0.2, 0.25) is 0 Å². The highest BCUT2D eigenvalue weighted by atomic mass is 16.3. The van der Waals surface area contributed by atoms with Crippen LogP contribution in [0, 0.1) is 5.41 Å². The summed E-state index contributed by atoms with van der Waals surface area (Å²) < 4.78 is 5.43. The predicted octanol–water partition coefficient (Wildman–Crippen LogP) is 4.62. The van der Waals surface area contributed by atoms with Crippen LogP contribution in [0.1, 0.15) is 51.3 Å². The Morgan fingerprint density at radius 1 is 1.28 bits per heavy atom. The fourth-order valence-corrected chi connectivity index (χ4v) is 4.28. The molecule has 0 unspecified atom stereocenters. The molecular formula is C21H27N3O. The third-order valence-corrected chi connectivity index (χ3v) is 5.82. The number of rotatable bonds is 3. The number of allylic oxidation sites excluding steroid dienone is 1. The summed E-state index contributed by atoms with van der Waals surface area (Å²) in [7, 11) is 0. The Kier molecular flexibility index (Phi) is 4.24. The van der Waals surface area contributed by atoms with E-state index in [1.807, 2.05) is 18.3 Å². The van der Waals surface area contributed by atoms with E-state index in [9.17, 15) is 0 Å². The van der Waals surface area contributed by atoms with Gasteiger partial charge in [-0.15, -0.1) is 0 Å². The molecule has 4 heteroatoms. The van der Waals surface area contributed by atoms with Crippen molar-refractivity contribution in [1.82, 2.24) is 14.9 Å². The molecule has 0 bridgehead atoms. The van der Waals surface area contributed by atoms with Crippen molar-refractivity contribution >= 4 is 0 Å². The van der Waals surface area contributed by atoms with Gasteiger partial charge in [-0.25, -0.2) is 9.97 Å². The molecule has 0 N–H and O–H groups in total. The van der Waals surface area contributed by atoms with Crippen LogP contribution >= 0.6 is 0 Å². The lowest BCUT2D eigenvalue weighted by Crippen LogP contribution is -2.36. The molecule has 2 aliphatic rings. The molecule has 0 aromatic carbocycles. The molecule has 1 aliphatic carbocycles. The van der Waals surface area contributed by atoms with Gasteiger partial charge in [0, 0.05) is 37.8 Å². The van der Waals surface area contributed by atoms with E-state index in [0.29, 0.717) is 11.2 Å². The highest BCUT2D eigenvalue weighted by molar-refractivity contribution is 5.47. The van der Waals surface area contributed by atoms with Crippen molar-refractivity contribution in [2.75, 3.05) is 13.1 Å². The second kappa shape index (κ2) is 6.41. The molecule has 4 rings (SSSR count). The normalized spacial score (nSPS) is 20.6. The smallest absolute Gasteiger partial charge is 0.195 e. The molecule has 25 heavy (non-hydrogen) atoms. The minimum absolute atomic E-state index is 0.336. The second-order valence-corrected chi connectivity index (χ2v) is 8.10. The maximum absolute atomic E-state index is 5.43. The van der Waals surface area contributed by atoms with Crippen LogP contribution < -0.4 is 0 Å². The molecule has 2 aromatic heterocycles. The molecule has 0 saturated carbocycles. The summed E-state index contributed by atoms with van der Waals surface area (Å²) in [6.45, 7) is 10.2. The van der Waals surface area contributed by atoms with E-state index in [1.165, 1.54) is 30.5 Å². The van der Waals surface area contributed by atoms with E-state index in [2.05, 4.69) is 30.7 Å². The fourth-order valence-electron chi connectivity index (χ4n) is 4.28. The summed E-state index contributed by atoms with van der Waals surface area (Å²) in [5.74, 6) is 1.44. The number of hydrogen-bond donors (Lipinski definition) is 0. The van der Waals surface area contributed by atoms with Crippen LogP contribution in [0.2, 0.25) is 0 Å². The number of nitrogens with zero attached hydrogens (tertiary/aromatic N) is 3. The van der Waals surface area contributed by atoms with Crippen LogP contribution in [0.4, 0.5) is 0 Å². The number of furan rings is 1. The summed E-state index contributed by atoms with van der Waals surface area (Å²) in [6.07, 6.45) is 8.53. The number of aromatic nitrogens is 2. The summed E-state index contributed by atoms with van der Waals surface area (Å²) >= 11 is 0. The van der Waals surface area contributed by atoms with Gasteiger partial charge in [-0.2, -0.15) is 0 Å². The molecule has 0 amide bonds. The van der Waals surface area contributed by atoms with Gasteiger partial charge >= 0.3 is 0 Å². The largest absolute Gasteiger partial charge is 0.461 e. The lowest BCUT2D eigenvalue weighted by molar-refractivity contribution is 0.239. The Morgan fingerprint density at radius 3 is 2.92 bits per heavy atom. The van der Waals surface area contributed by atoms with Crippen LogP contribution in [0.5, 0.6) is 0 Å². The van der Waals surface area contributed by atoms with Gasteiger partial charge in [0.25, 0.3) is 0 Å². The molecular weight excluding hydrogens is 310 g/mol. The molecule has 132 valence electrons. The maximum atomic E-state index is 5.43. The molecule has 0 saturated heterocycles. The average molecular weight is 337 g/mol. The first-order chi connectivity index (χ1) is 12.0. The van der Waals surface area contributed by atoms with Crippen molar-refractivity contribution in [3.05, 3.63) is 47.0 Å².